The fourth-order valence-electron chi connectivity index (χ4n) is 2.08. The molecule has 0 spiro atoms. The van der Waals surface area contributed by atoms with E-state index >= 15 is 0 Å². The molecule has 0 bridgehead atoms. The highest BCUT2D eigenvalue weighted by Gasteiger charge is 2.23. The van der Waals surface area contributed by atoms with Crippen LogP contribution in [0.2, 0.25) is 0 Å². The molecule has 0 unspecified atom stereocenters. The predicted octanol–water partition coefficient (Wildman–Crippen LogP) is -0.474. The zero-order valence-electron chi connectivity index (χ0n) is 11.1. The van der Waals surface area contributed by atoms with Crippen molar-refractivity contribution >= 4 is 15.9 Å². The second-order valence-electron chi connectivity index (χ2n) is 4.65. The molecule has 1 fully saturated rings. The van der Waals surface area contributed by atoms with Crippen molar-refractivity contribution in [1.29, 1.82) is 0 Å². The first kappa shape index (κ1) is 15.4. The number of hydrogen-bond donors (Lipinski definition) is 2. The van der Waals surface area contributed by atoms with E-state index in [1.54, 1.807) is 0 Å². The molecule has 1 heterocycles. The normalized spacial score (nSPS) is 18.0. The SMILES string of the molecule is CCNCCC(=O)N1CCC(NS(C)(=O)=O)CC1. The number of nitrogens with zero attached hydrogens (tertiary/aromatic N) is 1. The third-order valence-corrected chi connectivity index (χ3v) is 3.76. The highest BCUT2D eigenvalue weighted by Crippen LogP contribution is 2.11. The predicted molar refractivity (Wildman–Crippen MR) is 70.7 cm³/mol. The Bertz CT molecular complexity index is 362. The monoisotopic (exact) mass is 277 g/mol. The van der Waals surface area contributed by atoms with Gasteiger partial charge in [-0.05, 0) is 19.4 Å². The number of sulfonamides is 1. The summed E-state index contributed by atoms with van der Waals surface area (Å²) in [7, 11) is -3.14. The number of carbonyl (C=O) groups excluding carboxylic acids is 1. The van der Waals surface area contributed by atoms with Crippen LogP contribution in [0.25, 0.3) is 0 Å². The number of rotatable bonds is 6. The Morgan fingerprint density at radius 1 is 1.33 bits per heavy atom. The van der Waals surface area contributed by atoms with Gasteiger partial charge in [0.05, 0.1) is 6.26 Å². The molecule has 7 heteroatoms. The van der Waals surface area contributed by atoms with Gasteiger partial charge in [-0.25, -0.2) is 13.1 Å². The molecule has 6 nitrogen and oxygen atoms in total. The lowest BCUT2D eigenvalue weighted by atomic mass is 10.1. The zero-order valence-corrected chi connectivity index (χ0v) is 11.9. The van der Waals surface area contributed by atoms with E-state index in [4.69, 9.17) is 0 Å². The number of carbonyl (C=O) groups is 1. The van der Waals surface area contributed by atoms with Crippen LogP contribution < -0.4 is 10.0 Å². The summed E-state index contributed by atoms with van der Waals surface area (Å²) in [4.78, 5) is 13.6. The van der Waals surface area contributed by atoms with Crippen LogP contribution in [0.1, 0.15) is 26.2 Å². The van der Waals surface area contributed by atoms with Gasteiger partial charge in [-0.1, -0.05) is 6.92 Å². The lowest BCUT2D eigenvalue weighted by molar-refractivity contribution is -0.132. The van der Waals surface area contributed by atoms with Crippen molar-refractivity contribution in [3.63, 3.8) is 0 Å². The van der Waals surface area contributed by atoms with E-state index in [-0.39, 0.29) is 11.9 Å². The highest BCUT2D eigenvalue weighted by atomic mass is 32.2. The maximum absolute atomic E-state index is 11.8. The fraction of sp³-hybridized carbons (Fsp3) is 0.909. The molecule has 0 saturated carbocycles. The first-order valence-corrected chi connectivity index (χ1v) is 8.27. The van der Waals surface area contributed by atoms with E-state index in [9.17, 15) is 13.2 Å². The largest absolute Gasteiger partial charge is 0.343 e. The number of nitrogens with one attached hydrogen (secondary N) is 2. The Kier molecular flexibility index (Phi) is 6.04. The molecule has 18 heavy (non-hydrogen) atoms. The topological polar surface area (TPSA) is 78.5 Å². The minimum absolute atomic E-state index is 0.0298. The van der Waals surface area contributed by atoms with Crippen LogP contribution in [-0.4, -0.2) is 57.7 Å². The van der Waals surface area contributed by atoms with Crippen molar-refractivity contribution in [2.24, 2.45) is 0 Å². The van der Waals surface area contributed by atoms with Gasteiger partial charge in [-0.2, -0.15) is 0 Å². The van der Waals surface area contributed by atoms with E-state index in [1.165, 1.54) is 6.26 Å². The number of likely N-dealkylation sites (tertiary alicyclic amines) is 1. The average molecular weight is 277 g/mol. The molecule has 0 aliphatic carbocycles. The Balaban J connectivity index is 2.28. The first-order valence-electron chi connectivity index (χ1n) is 6.38. The van der Waals surface area contributed by atoms with Crippen molar-refractivity contribution in [2.45, 2.75) is 32.2 Å². The Morgan fingerprint density at radius 2 is 1.94 bits per heavy atom. The second kappa shape index (κ2) is 7.06. The van der Waals surface area contributed by atoms with E-state index in [2.05, 4.69) is 10.0 Å². The van der Waals surface area contributed by atoms with Crippen molar-refractivity contribution in [3.8, 4) is 0 Å². The van der Waals surface area contributed by atoms with E-state index in [1.807, 2.05) is 11.8 Å². The molecule has 1 aliphatic heterocycles. The van der Waals surface area contributed by atoms with Crippen LogP contribution in [0.4, 0.5) is 0 Å². The summed E-state index contributed by atoms with van der Waals surface area (Å²) >= 11 is 0. The van der Waals surface area contributed by atoms with Gasteiger partial charge in [-0.3, -0.25) is 4.79 Å². The van der Waals surface area contributed by atoms with Gasteiger partial charge in [0, 0.05) is 32.1 Å². The van der Waals surface area contributed by atoms with Gasteiger partial charge in [0.25, 0.3) is 0 Å². The summed E-state index contributed by atoms with van der Waals surface area (Å²) in [6.07, 6.45) is 3.07. The molecular weight excluding hydrogens is 254 g/mol. The standard InChI is InChI=1S/C11H23N3O3S/c1-3-12-7-4-11(15)14-8-5-10(6-9-14)13-18(2,16)17/h10,12-13H,3-9H2,1-2H3. The van der Waals surface area contributed by atoms with Crippen molar-refractivity contribution < 1.29 is 13.2 Å². The number of amides is 1. The van der Waals surface area contributed by atoms with Gasteiger partial charge >= 0.3 is 0 Å². The molecule has 106 valence electrons. The van der Waals surface area contributed by atoms with Gasteiger partial charge in [0.2, 0.25) is 15.9 Å². The van der Waals surface area contributed by atoms with Crippen molar-refractivity contribution in [3.05, 3.63) is 0 Å². The van der Waals surface area contributed by atoms with Gasteiger partial charge in [-0.15, -0.1) is 0 Å². The molecule has 0 aromatic rings. The van der Waals surface area contributed by atoms with Crippen LogP contribution >= 0.6 is 0 Å². The van der Waals surface area contributed by atoms with Crippen molar-refractivity contribution in [1.82, 2.24) is 14.9 Å². The van der Waals surface area contributed by atoms with E-state index in [0.717, 1.165) is 6.54 Å². The molecule has 1 rings (SSSR count). The summed E-state index contributed by atoms with van der Waals surface area (Å²) in [5.74, 6) is 0.147. The quantitative estimate of drug-likeness (QED) is 0.643. The van der Waals surface area contributed by atoms with Gasteiger partial charge in [0.15, 0.2) is 0 Å². The Morgan fingerprint density at radius 3 is 2.44 bits per heavy atom. The maximum atomic E-state index is 11.8. The van der Waals surface area contributed by atoms with Crippen LogP contribution in [-0.2, 0) is 14.8 Å². The molecule has 1 amide bonds. The Labute approximate surface area is 109 Å². The minimum Gasteiger partial charge on any atom is -0.343 e. The third kappa shape index (κ3) is 5.79. The smallest absolute Gasteiger partial charge is 0.223 e. The molecule has 0 aromatic carbocycles. The highest BCUT2D eigenvalue weighted by molar-refractivity contribution is 7.88. The lowest BCUT2D eigenvalue weighted by Gasteiger charge is -2.32. The summed E-state index contributed by atoms with van der Waals surface area (Å²) in [5, 5.41) is 3.12. The molecule has 0 radical (unpaired) electrons. The van der Waals surface area contributed by atoms with E-state index < -0.39 is 10.0 Å². The molecule has 0 aromatic heterocycles. The van der Waals surface area contributed by atoms with Gasteiger partial charge in [0.1, 0.15) is 0 Å². The van der Waals surface area contributed by atoms with Crippen LogP contribution in [0.5, 0.6) is 0 Å². The number of hydrogen-bond acceptors (Lipinski definition) is 4. The summed E-state index contributed by atoms with van der Waals surface area (Å²) in [6, 6.07) is -0.0298. The van der Waals surface area contributed by atoms with Crippen LogP contribution in [0, 0.1) is 0 Å². The maximum Gasteiger partial charge on any atom is 0.223 e. The minimum atomic E-state index is -3.14. The fourth-order valence-corrected chi connectivity index (χ4v) is 2.92. The molecule has 2 N–H and O–H groups in total. The Hall–Kier alpha value is -0.660. The van der Waals surface area contributed by atoms with Crippen LogP contribution in [0.3, 0.4) is 0 Å². The molecule has 1 aliphatic rings. The van der Waals surface area contributed by atoms with Gasteiger partial charge < -0.3 is 10.2 Å². The van der Waals surface area contributed by atoms with Crippen LogP contribution in [0.15, 0.2) is 0 Å². The second-order valence-corrected chi connectivity index (χ2v) is 6.43. The first-order chi connectivity index (χ1) is 8.42. The molecule has 0 atom stereocenters. The zero-order chi connectivity index (χ0) is 13.6. The summed E-state index contributed by atoms with van der Waals surface area (Å²) in [5.41, 5.74) is 0. The molecule has 1 saturated heterocycles. The summed E-state index contributed by atoms with van der Waals surface area (Å²) in [6.45, 7) is 4.85. The summed E-state index contributed by atoms with van der Waals surface area (Å²) < 4.78 is 24.8. The van der Waals surface area contributed by atoms with E-state index in [0.29, 0.717) is 38.9 Å². The van der Waals surface area contributed by atoms with Crippen molar-refractivity contribution in [2.75, 3.05) is 32.4 Å². The third-order valence-electron chi connectivity index (χ3n) is 2.99. The molecular formula is C11H23N3O3S. The average Bonchev–Trinajstić information content (AvgIpc) is 2.28. The number of piperidine rings is 1. The lowest BCUT2D eigenvalue weighted by Crippen LogP contribution is -2.46.